The van der Waals surface area contributed by atoms with Crippen LogP contribution in [0.3, 0.4) is 0 Å². The van der Waals surface area contributed by atoms with E-state index in [4.69, 9.17) is 9.05 Å². The van der Waals surface area contributed by atoms with E-state index in [1.807, 2.05) is 0 Å². The molecule has 1 unspecified atom stereocenters. The molecule has 0 aliphatic heterocycles. The fraction of sp³-hybridized carbons (Fsp3) is 0.889. The van der Waals surface area contributed by atoms with Crippen LogP contribution in [0.5, 0.6) is 0 Å². The first-order valence-electron chi connectivity index (χ1n) is 5.18. The molecule has 0 aliphatic carbocycles. The molecule has 0 saturated heterocycles. The number of nitrogens with one attached hydrogen (secondary N) is 1. The average Bonchev–Trinajstić information content (AvgIpc) is 2.18. The first-order chi connectivity index (χ1) is 7.00. The molecule has 0 rings (SSSR count). The molecule has 0 saturated carbocycles. The van der Waals surface area contributed by atoms with Gasteiger partial charge in [-0.2, -0.15) is 0 Å². The van der Waals surface area contributed by atoms with E-state index in [2.05, 4.69) is 5.32 Å². The van der Waals surface area contributed by atoms with Crippen LogP contribution in [0.2, 0.25) is 0 Å². The van der Waals surface area contributed by atoms with E-state index in [0.717, 1.165) is 0 Å². The SMILES string of the molecule is CCOP(=O)(OCC)C(C)NC(=O)CC. The number of rotatable bonds is 7. The van der Waals surface area contributed by atoms with Crippen LogP contribution >= 0.6 is 7.60 Å². The first-order valence-corrected chi connectivity index (χ1v) is 6.79. The van der Waals surface area contributed by atoms with E-state index in [1.165, 1.54) is 0 Å². The number of carbonyl (C=O) groups is 1. The van der Waals surface area contributed by atoms with Crippen LogP contribution in [-0.4, -0.2) is 24.9 Å². The Morgan fingerprint density at radius 2 is 1.73 bits per heavy atom. The Hall–Kier alpha value is -0.380. The second kappa shape index (κ2) is 6.99. The minimum atomic E-state index is -3.21. The topological polar surface area (TPSA) is 64.6 Å². The molecule has 0 aliphatic rings. The second-order valence-corrected chi connectivity index (χ2v) is 5.34. The lowest BCUT2D eigenvalue weighted by molar-refractivity contribution is -0.121. The summed E-state index contributed by atoms with van der Waals surface area (Å²) in [6.07, 6.45) is 0.350. The van der Waals surface area contributed by atoms with Crippen LogP contribution in [0.1, 0.15) is 34.1 Å². The highest BCUT2D eigenvalue weighted by atomic mass is 31.2. The third kappa shape index (κ3) is 4.78. The van der Waals surface area contributed by atoms with Crippen molar-refractivity contribution in [3.05, 3.63) is 0 Å². The highest BCUT2D eigenvalue weighted by Crippen LogP contribution is 2.51. The van der Waals surface area contributed by atoms with Gasteiger partial charge >= 0.3 is 7.60 Å². The molecule has 0 spiro atoms. The largest absolute Gasteiger partial charge is 0.352 e. The lowest BCUT2D eigenvalue weighted by atomic mass is 10.4. The van der Waals surface area contributed by atoms with Gasteiger partial charge in [0.15, 0.2) is 0 Å². The predicted molar refractivity (Wildman–Crippen MR) is 58.8 cm³/mol. The van der Waals surface area contributed by atoms with Crippen LogP contribution in [0, 0.1) is 0 Å². The number of hydrogen-bond donors (Lipinski definition) is 1. The van der Waals surface area contributed by atoms with Gasteiger partial charge < -0.3 is 14.4 Å². The summed E-state index contributed by atoms with van der Waals surface area (Å²) in [6, 6.07) is 0. The minimum Gasteiger partial charge on any atom is -0.342 e. The summed E-state index contributed by atoms with van der Waals surface area (Å²) in [5.74, 6) is -0.771. The van der Waals surface area contributed by atoms with Crippen LogP contribution in [0.25, 0.3) is 0 Å². The third-order valence-electron chi connectivity index (χ3n) is 1.78. The van der Waals surface area contributed by atoms with E-state index in [9.17, 15) is 9.36 Å². The van der Waals surface area contributed by atoms with Crippen LogP contribution in [-0.2, 0) is 18.4 Å². The van der Waals surface area contributed by atoms with E-state index in [-0.39, 0.29) is 5.91 Å². The standard InChI is InChI=1S/C9H20NO4P/c1-5-9(11)10-8(4)15(12,13-6-2)14-7-3/h8H,5-7H2,1-4H3,(H,10,11). The highest BCUT2D eigenvalue weighted by Gasteiger charge is 2.32. The molecule has 6 heteroatoms. The maximum atomic E-state index is 12.1. The smallest absolute Gasteiger partial charge is 0.342 e. The summed E-state index contributed by atoms with van der Waals surface area (Å²) in [7, 11) is -3.21. The molecule has 15 heavy (non-hydrogen) atoms. The monoisotopic (exact) mass is 237 g/mol. The molecule has 0 radical (unpaired) electrons. The van der Waals surface area contributed by atoms with E-state index in [0.29, 0.717) is 19.6 Å². The zero-order valence-corrected chi connectivity index (χ0v) is 10.7. The Balaban J connectivity index is 4.47. The van der Waals surface area contributed by atoms with Crippen LogP contribution in [0.4, 0.5) is 0 Å². The summed E-state index contributed by atoms with van der Waals surface area (Å²) in [5.41, 5.74) is 0. The molecule has 0 aromatic carbocycles. The zero-order chi connectivity index (χ0) is 11.9. The Bertz CT molecular complexity index is 234. The number of hydrogen-bond acceptors (Lipinski definition) is 4. The van der Waals surface area contributed by atoms with Crippen molar-refractivity contribution in [2.75, 3.05) is 13.2 Å². The quantitative estimate of drug-likeness (QED) is 0.689. The summed E-state index contributed by atoms with van der Waals surface area (Å²) in [6.45, 7) is 7.42. The van der Waals surface area contributed by atoms with Gasteiger partial charge in [-0.3, -0.25) is 9.36 Å². The van der Waals surface area contributed by atoms with Gasteiger partial charge in [0.25, 0.3) is 0 Å². The molecule has 0 bridgehead atoms. The average molecular weight is 237 g/mol. The highest BCUT2D eigenvalue weighted by molar-refractivity contribution is 7.54. The van der Waals surface area contributed by atoms with E-state index >= 15 is 0 Å². The van der Waals surface area contributed by atoms with Crippen molar-refractivity contribution in [2.45, 2.75) is 39.9 Å². The van der Waals surface area contributed by atoms with Crippen molar-refractivity contribution in [3.8, 4) is 0 Å². The van der Waals surface area contributed by atoms with Crippen LogP contribution < -0.4 is 5.32 Å². The van der Waals surface area contributed by atoms with Crippen molar-refractivity contribution < 1.29 is 18.4 Å². The summed E-state index contributed by atoms with van der Waals surface area (Å²) in [4.78, 5) is 11.1. The van der Waals surface area contributed by atoms with Crippen molar-refractivity contribution in [1.82, 2.24) is 5.32 Å². The molecular formula is C9H20NO4P. The predicted octanol–water partition coefficient (Wildman–Crippen LogP) is 2.12. The van der Waals surface area contributed by atoms with Gasteiger partial charge in [-0.1, -0.05) is 6.92 Å². The Morgan fingerprint density at radius 3 is 2.07 bits per heavy atom. The van der Waals surface area contributed by atoms with Crippen molar-refractivity contribution in [2.24, 2.45) is 0 Å². The molecule has 0 fully saturated rings. The molecule has 0 aromatic heterocycles. The first kappa shape index (κ1) is 14.6. The number of amides is 1. The van der Waals surface area contributed by atoms with Gasteiger partial charge in [-0.25, -0.2) is 0 Å². The lowest BCUT2D eigenvalue weighted by Gasteiger charge is -2.23. The minimum absolute atomic E-state index is 0.165. The van der Waals surface area contributed by atoms with Gasteiger partial charge in [0, 0.05) is 6.42 Å². The Kier molecular flexibility index (Phi) is 6.81. The normalized spacial score (nSPS) is 13.6. The molecular weight excluding hydrogens is 217 g/mol. The van der Waals surface area contributed by atoms with Crippen molar-refractivity contribution >= 4 is 13.5 Å². The molecule has 5 nitrogen and oxygen atoms in total. The van der Waals surface area contributed by atoms with Gasteiger partial charge in [-0.15, -0.1) is 0 Å². The van der Waals surface area contributed by atoms with Crippen LogP contribution in [0.15, 0.2) is 0 Å². The van der Waals surface area contributed by atoms with Crippen molar-refractivity contribution in [1.29, 1.82) is 0 Å². The maximum absolute atomic E-state index is 12.1. The Morgan fingerprint density at radius 1 is 1.27 bits per heavy atom. The molecule has 1 amide bonds. The Labute approximate surface area is 91.1 Å². The molecule has 1 atom stereocenters. The second-order valence-electron chi connectivity index (χ2n) is 2.97. The molecule has 0 aromatic rings. The van der Waals surface area contributed by atoms with Gasteiger partial charge in [0.1, 0.15) is 5.78 Å². The zero-order valence-electron chi connectivity index (χ0n) is 9.78. The summed E-state index contributed by atoms with van der Waals surface area (Å²) in [5, 5.41) is 2.59. The maximum Gasteiger partial charge on any atom is 0.352 e. The van der Waals surface area contributed by atoms with Gasteiger partial charge in [0.05, 0.1) is 13.2 Å². The third-order valence-corrected chi connectivity index (χ3v) is 4.10. The molecule has 0 heterocycles. The summed E-state index contributed by atoms with van der Waals surface area (Å²) < 4.78 is 22.3. The summed E-state index contributed by atoms with van der Waals surface area (Å²) >= 11 is 0. The van der Waals surface area contributed by atoms with E-state index in [1.54, 1.807) is 27.7 Å². The number of carbonyl (C=O) groups excluding carboxylic acids is 1. The van der Waals surface area contributed by atoms with Crippen molar-refractivity contribution in [3.63, 3.8) is 0 Å². The fourth-order valence-electron chi connectivity index (χ4n) is 1.03. The lowest BCUT2D eigenvalue weighted by Crippen LogP contribution is -2.33. The van der Waals surface area contributed by atoms with Gasteiger partial charge in [0.2, 0.25) is 5.91 Å². The van der Waals surface area contributed by atoms with E-state index < -0.39 is 13.4 Å². The molecule has 1 N–H and O–H groups in total. The van der Waals surface area contributed by atoms with Gasteiger partial charge in [-0.05, 0) is 20.8 Å². The molecule has 90 valence electrons. The fourth-order valence-corrected chi connectivity index (χ4v) is 2.58.